The number of ether oxygens (including phenoxy) is 2. The van der Waals surface area contributed by atoms with Crippen molar-refractivity contribution in [2.24, 2.45) is 10.9 Å². The number of nitrogens with two attached hydrogens (primary N) is 1. The predicted octanol–water partition coefficient (Wildman–Crippen LogP) is 3.95. The van der Waals surface area contributed by atoms with Gasteiger partial charge < -0.3 is 15.2 Å². The van der Waals surface area contributed by atoms with E-state index < -0.39 is 59.2 Å². The van der Waals surface area contributed by atoms with E-state index >= 15 is 0 Å². The number of rotatable bonds is 1. The molecule has 6 nitrogen and oxygen atoms in total. The molecule has 3 N–H and O–H groups in total. The van der Waals surface area contributed by atoms with Crippen LogP contribution in [0.4, 0.5) is 32.4 Å². The maximum absolute atomic E-state index is 14.7. The van der Waals surface area contributed by atoms with Crippen LogP contribution in [-0.2, 0) is 15.0 Å². The van der Waals surface area contributed by atoms with Crippen LogP contribution < -0.4 is 11.1 Å². The monoisotopic (exact) mass is 453 g/mol. The van der Waals surface area contributed by atoms with Gasteiger partial charge in [0.25, 0.3) is 0 Å². The van der Waals surface area contributed by atoms with Gasteiger partial charge in [0.15, 0.2) is 22.9 Å². The van der Waals surface area contributed by atoms with Gasteiger partial charge >= 0.3 is 12.3 Å². The van der Waals surface area contributed by atoms with Crippen LogP contribution in [0.25, 0.3) is 0 Å². The van der Waals surface area contributed by atoms with Gasteiger partial charge in [0.1, 0.15) is 11.1 Å². The Morgan fingerprint density at radius 2 is 2.00 bits per heavy atom. The Bertz CT molecular complexity index is 887. The fraction of sp³-hybridized carbons (Fsp3) is 0.556. The van der Waals surface area contributed by atoms with Crippen molar-refractivity contribution < 1.29 is 36.2 Å². The topological polar surface area (TPSA) is 85.9 Å². The number of anilines is 1. The first-order valence-electron chi connectivity index (χ1n) is 8.89. The minimum atomic E-state index is -4.74. The van der Waals surface area contributed by atoms with Crippen LogP contribution in [0.3, 0.4) is 0 Å². The molecule has 1 saturated heterocycles. The maximum Gasteiger partial charge on any atom is 0.415 e. The number of nitrogen functional groups attached to an aromatic ring is 1. The van der Waals surface area contributed by atoms with Gasteiger partial charge in [-0.1, -0.05) is 11.8 Å². The van der Waals surface area contributed by atoms with Crippen LogP contribution in [0.15, 0.2) is 17.1 Å². The lowest BCUT2D eigenvalue weighted by molar-refractivity contribution is -0.215. The zero-order valence-corrected chi connectivity index (χ0v) is 17.1. The SMILES string of the molecule is CC(C)(C)OC(=O)NC1=NC2(c3cc(N)cc(F)c3F)COC(C(F)(F)F)C2CS1. The summed E-state index contributed by atoms with van der Waals surface area (Å²) >= 11 is 0.832. The molecule has 3 unspecified atom stereocenters. The lowest BCUT2D eigenvalue weighted by Crippen LogP contribution is -2.47. The lowest BCUT2D eigenvalue weighted by Gasteiger charge is -2.37. The summed E-state index contributed by atoms with van der Waals surface area (Å²) in [6.45, 7) is 4.22. The van der Waals surface area contributed by atoms with E-state index in [2.05, 4.69) is 10.3 Å². The molecule has 30 heavy (non-hydrogen) atoms. The minimum Gasteiger partial charge on any atom is -0.444 e. The third kappa shape index (κ3) is 4.34. The maximum atomic E-state index is 14.7. The van der Waals surface area contributed by atoms with Crippen molar-refractivity contribution >= 4 is 28.7 Å². The first-order chi connectivity index (χ1) is 13.7. The number of benzene rings is 1. The highest BCUT2D eigenvalue weighted by atomic mass is 32.2. The molecule has 166 valence electrons. The molecule has 3 atom stereocenters. The van der Waals surface area contributed by atoms with Crippen LogP contribution in [0.5, 0.6) is 0 Å². The second-order valence-corrected chi connectivity index (χ2v) is 9.03. The number of halogens is 5. The predicted molar refractivity (Wildman–Crippen MR) is 101 cm³/mol. The number of nitrogens with one attached hydrogen (secondary N) is 1. The largest absolute Gasteiger partial charge is 0.444 e. The number of fused-ring (bicyclic) bond motifs is 1. The van der Waals surface area contributed by atoms with E-state index in [9.17, 15) is 26.7 Å². The molecule has 1 fully saturated rings. The summed E-state index contributed by atoms with van der Waals surface area (Å²) in [6.07, 6.45) is -7.86. The van der Waals surface area contributed by atoms with Crippen molar-refractivity contribution in [1.82, 2.24) is 5.32 Å². The zero-order chi connectivity index (χ0) is 22.5. The molecule has 0 aromatic heterocycles. The van der Waals surface area contributed by atoms with Gasteiger partial charge in [0.2, 0.25) is 0 Å². The summed E-state index contributed by atoms with van der Waals surface area (Å²) in [4.78, 5) is 16.3. The second kappa shape index (κ2) is 7.56. The van der Waals surface area contributed by atoms with Crippen molar-refractivity contribution in [2.45, 2.75) is 44.2 Å². The van der Waals surface area contributed by atoms with E-state index in [0.717, 1.165) is 23.9 Å². The molecule has 3 rings (SSSR count). The fourth-order valence-electron chi connectivity index (χ4n) is 3.45. The number of thioether (sulfide) groups is 1. The van der Waals surface area contributed by atoms with Crippen molar-refractivity contribution in [1.29, 1.82) is 0 Å². The van der Waals surface area contributed by atoms with Crippen molar-refractivity contribution in [2.75, 3.05) is 18.1 Å². The van der Waals surface area contributed by atoms with Crippen molar-refractivity contribution in [3.8, 4) is 0 Å². The number of hydrogen-bond donors (Lipinski definition) is 2. The van der Waals surface area contributed by atoms with Crippen LogP contribution in [0.1, 0.15) is 26.3 Å². The third-order valence-electron chi connectivity index (χ3n) is 4.61. The lowest BCUT2D eigenvalue weighted by atomic mass is 9.78. The number of alkyl halides is 3. The molecule has 2 aliphatic heterocycles. The number of nitrogens with zero attached hydrogens (tertiary/aromatic N) is 1. The Kier molecular flexibility index (Phi) is 5.69. The summed E-state index contributed by atoms with van der Waals surface area (Å²) in [5.74, 6) is -4.26. The van der Waals surface area contributed by atoms with Gasteiger partial charge in [-0.3, -0.25) is 5.32 Å². The molecule has 0 aliphatic carbocycles. The van der Waals surface area contributed by atoms with E-state index in [1.807, 2.05) is 0 Å². The van der Waals surface area contributed by atoms with Crippen LogP contribution in [0.2, 0.25) is 0 Å². The Labute approximate surface area is 173 Å². The molecule has 0 bridgehead atoms. The summed E-state index contributed by atoms with van der Waals surface area (Å²) in [7, 11) is 0. The van der Waals surface area contributed by atoms with Gasteiger partial charge in [-0.25, -0.2) is 18.6 Å². The zero-order valence-electron chi connectivity index (χ0n) is 16.3. The Hall–Kier alpha value is -2.08. The highest BCUT2D eigenvalue weighted by Crippen LogP contribution is 2.52. The number of carbonyl (C=O) groups excluding carboxylic acids is 1. The molecule has 1 aromatic carbocycles. The average molecular weight is 453 g/mol. The molecule has 12 heteroatoms. The fourth-order valence-corrected chi connectivity index (χ4v) is 4.62. The smallest absolute Gasteiger partial charge is 0.415 e. The molecular formula is C18H20F5N3O3S. The van der Waals surface area contributed by atoms with E-state index in [1.165, 1.54) is 0 Å². The number of amidine groups is 1. The summed E-state index contributed by atoms with van der Waals surface area (Å²) < 4.78 is 79.3. The molecule has 0 spiro atoms. The van der Waals surface area contributed by atoms with Crippen molar-refractivity contribution in [3.63, 3.8) is 0 Å². The Balaban J connectivity index is 2.07. The summed E-state index contributed by atoms with van der Waals surface area (Å²) in [6, 6.07) is 1.76. The molecule has 0 radical (unpaired) electrons. The van der Waals surface area contributed by atoms with Gasteiger partial charge in [-0.05, 0) is 32.9 Å². The molecule has 2 heterocycles. The highest BCUT2D eigenvalue weighted by molar-refractivity contribution is 8.13. The summed E-state index contributed by atoms with van der Waals surface area (Å²) in [5, 5.41) is 2.26. The third-order valence-corrected chi connectivity index (χ3v) is 5.60. The van der Waals surface area contributed by atoms with Gasteiger partial charge in [-0.2, -0.15) is 13.2 Å². The van der Waals surface area contributed by atoms with E-state index in [4.69, 9.17) is 15.2 Å². The molecule has 1 amide bonds. The number of aliphatic imine (C=N–C) groups is 1. The summed E-state index contributed by atoms with van der Waals surface area (Å²) in [5.41, 5.74) is 2.22. The minimum absolute atomic E-state index is 0.0887. The first-order valence-corrected chi connectivity index (χ1v) is 9.87. The normalized spacial score (nSPS) is 26.7. The second-order valence-electron chi connectivity index (χ2n) is 8.02. The standard InChI is InChI=1S/C18H20F5N3O3S/c1-16(2,3)29-15(27)25-14-26-17(9-4-8(24)5-11(19)12(9)20)7-28-13(18(21,22)23)10(17)6-30-14/h4-5,10,13H,6-7,24H2,1-3H3,(H,25,26,27). The Morgan fingerprint density at radius 1 is 1.33 bits per heavy atom. The van der Waals surface area contributed by atoms with E-state index in [0.29, 0.717) is 0 Å². The highest BCUT2D eigenvalue weighted by Gasteiger charge is 2.62. The van der Waals surface area contributed by atoms with E-state index in [1.54, 1.807) is 20.8 Å². The molecule has 2 aliphatic rings. The van der Waals surface area contributed by atoms with Gasteiger partial charge in [0.05, 0.1) is 6.61 Å². The van der Waals surface area contributed by atoms with Gasteiger partial charge in [-0.15, -0.1) is 0 Å². The van der Waals surface area contributed by atoms with Crippen molar-refractivity contribution in [3.05, 3.63) is 29.3 Å². The van der Waals surface area contributed by atoms with Crippen LogP contribution in [-0.4, -0.2) is 41.5 Å². The molecule has 1 aromatic rings. The first kappa shape index (κ1) is 22.6. The molecule has 0 saturated carbocycles. The van der Waals surface area contributed by atoms with Crippen LogP contribution in [0, 0.1) is 17.6 Å². The number of hydrogen-bond acceptors (Lipinski definition) is 6. The van der Waals surface area contributed by atoms with Gasteiger partial charge in [0, 0.05) is 22.9 Å². The Morgan fingerprint density at radius 3 is 2.60 bits per heavy atom. The number of carbonyl (C=O) groups is 1. The number of alkyl carbamates (subject to hydrolysis) is 1. The van der Waals surface area contributed by atoms with E-state index in [-0.39, 0.29) is 16.6 Å². The van der Waals surface area contributed by atoms with Crippen LogP contribution >= 0.6 is 11.8 Å². The molecular weight excluding hydrogens is 433 g/mol. The average Bonchev–Trinajstić information content (AvgIpc) is 2.96. The number of amides is 1. The quantitative estimate of drug-likeness (QED) is 0.497.